The Bertz CT molecular complexity index is 500. The van der Waals surface area contributed by atoms with E-state index in [9.17, 15) is 9.90 Å². The molecule has 0 radical (unpaired) electrons. The molecule has 0 aliphatic heterocycles. The van der Waals surface area contributed by atoms with Gasteiger partial charge in [-0.25, -0.2) is 0 Å². The van der Waals surface area contributed by atoms with Crippen molar-refractivity contribution in [1.29, 1.82) is 0 Å². The number of rotatable bonds is 6. The van der Waals surface area contributed by atoms with Gasteiger partial charge in [0.1, 0.15) is 0 Å². The molecule has 0 bridgehead atoms. The van der Waals surface area contributed by atoms with Crippen LogP contribution in [-0.4, -0.2) is 17.6 Å². The third kappa shape index (κ3) is 3.45. The van der Waals surface area contributed by atoms with Crippen molar-refractivity contribution in [2.24, 2.45) is 11.7 Å². The number of hydrogen-bond donors (Lipinski definition) is 2. The van der Waals surface area contributed by atoms with E-state index in [4.69, 9.17) is 5.73 Å². The normalized spacial score (nSPS) is 12.3. The molecule has 1 unspecified atom stereocenters. The van der Waals surface area contributed by atoms with E-state index in [0.717, 1.165) is 11.1 Å². The average Bonchev–Trinajstić information content (AvgIpc) is 2.50. The van der Waals surface area contributed by atoms with Gasteiger partial charge in [0.05, 0.1) is 5.92 Å². The molecule has 0 aliphatic rings. The molecule has 2 rings (SSSR count). The van der Waals surface area contributed by atoms with Crippen LogP contribution in [0.25, 0.3) is 0 Å². The number of aliphatic carboxylic acids is 1. The minimum absolute atomic E-state index is 0.0575. The maximum Gasteiger partial charge on any atom is 0.307 e. The van der Waals surface area contributed by atoms with Gasteiger partial charge in [0.25, 0.3) is 0 Å². The van der Waals surface area contributed by atoms with Crippen LogP contribution in [0.1, 0.15) is 23.5 Å². The van der Waals surface area contributed by atoms with Crippen LogP contribution in [0.15, 0.2) is 60.7 Å². The molecule has 0 fully saturated rings. The standard InChI is InChI=1S/C17H19NO2/c18-12-15(17(19)20)11-16(13-7-3-1-4-8-13)14-9-5-2-6-10-14/h1-10,15-16H,11-12,18H2,(H,19,20). The number of benzene rings is 2. The first kappa shape index (κ1) is 14.3. The average molecular weight is 269 g/mol. The Morgan fingerprint density at radius 2 is 1.40 bits per heavy atom. The van der Waals surface area contributed by atoms with E-state index in [1.807, 2.05) is 60.7 Å². The summed E-state index contributed by atoms with van der Waals surface area (Å²) >= 11 is 0. The summed E-state index contributed by atoms with van der Waals surface area (Å²) in [4.78, 5) is 11.2. The highest BCUT2D eigenvalue weighted by atomic mass is 16.4. The van der Waals surface area contributed by atoms with E-state index < -0.39 is 11.9 Å². The van der Waals surface area contributed by atoms with E-state index in [0.29, 0.717) is 6.42 Å². The monoisotopic (exact) mass is 269 g/mol. The van der Waals surface area contributed by atoms with Gasteiger partial charge in [-0.3, -0.25) is 4.79 Å². The maximum absolute atomic E-state index is 11.2. The molecule has 0 saturated heterocycles. The van der Waals surface area contributed by atoms with E-state index in [1.165, 1.54) is 0 Å². The van der Waals surface area contributed by atoms with Crippen LogP contribution in [0.3, 0.4) is 0 Å². The highest BCUT2D eigenvalue weighted by Crippen LogP contribution is 2.30. The summed E-state index contributed by atoms with van der Waals surface area (Å²) < 4.78 is 0. The summed E-state index contributed by atoms with van der Waals surface area (Å²) in [5.74, 6) is -1.30. The van der Waals surface area contributed by atoms with Crippen molar-refractivity contribution in [3.63, 3.8) is 0 Å². The smallest absolute Gasteiger partial charge is 0.307 e. The largest absolute Gasteiger partial charge is 0.481 e. The molecule has 0 spiro atoms. The molecule has 3 nitrogen and oxygen atoms in total. The quantitative estimate of drug-likeness (QED) is 0.847. The Morgan fingerprint density at radius 1 is 0.950 bits per heavy atom. The lowest BCUT2D eigenvalue weighted by Gasteiger charge is -2.21. The second-order valence-corrected chi connectivity index (χ2v) is 4.88. The van der Waals surface area contributed by atoms with Crippen LogP contribution >= 0.6 is 0 Å². The first-order valence-corrected chi connectivity index (χ1v) is 6.75. The summed E-state index contributed by atoms with van der Waals surface area (Å²) in [5.41, 5.74) is 7.84. The van der Waals surface area contributed by atoms with Crippen LogP contribution in [-0.2, 0) is 4.79 Å². The topological polar surface area (TPSA) is 63.3 Å². The van der Waals surface area contributed by atoms with E-state index in [2.05, 4.69) is 0 Å². The molecular formula is C17H19NO2. The van der Waals surface area contributed by atoms with Gasteiger partial charge in [-0.1, -0.05) is 60.7 Å². The number of nitrogens with two attached hydrogens (primary N) is 1. The summed E-state index contributed by atoms with van der Waals surface area (Å²) in [6.45, 7) is 0.158. The highest BCUT2D eigenvalue weighted by Gasteiger charge is 2.23. The number of carboxylic acid groups (broad SMARTS) is 1. The van der Waals surface area contributed by atoms with Gasteiger partial charge < -0.3 is 10.8 Å². The van der Waals surface area contributed by atoms with Crippen molar-refractivity contribution in [2.45, 2.75) is 12.3 Å². The molecule has 3 N–H and O–H groups in total. The van der Waals surface area contributed by atoms with Crippen molar-refractivity contribution >= 4 is 5.97 Å². The highest BCUT2D eigenvalue weighted by molar-refractivity contribution is 5.70. The van der Waals surface area contributed by atoms with Crippen LogP contribution in [0.5, 0.6) is 0 Å². The Morgan fingerprint density at radius 3 is 1.75 bits per heavy atom. The zero-order valence-corrected chi connectivity index (χ0v) is 11.3. The van der Waals surface area contributed by atoms with Gasteiger partial charge in [0.2, 0.25) is 0 Å². The Balaban J connectivity index is 2.32. The number of hydrogen-bond acceptors (Lipinski definition) is 2. The van der Waals surface area contributed by atoms with Gasteiger partial charge in [0.15, 0.2) is 0 Å². The van der Waals surface area contributed by atoms with Gasteiger partial charge in [-0.2, -0.15) is 0 Å². The molecule has 2 aromatic rings. The third-order valence-corrected chi connectivity index (χ3v) is 3.56. The lowest BCUT2D eigenvalue weighted by molar-refractivity contribution is -0.141. The van der Waals surface area contributed by atoms with Gasteiger partial charge in [-0.15, -0.1) is 0 Å². The summed E-state index contributed by atoms with van der Waals surface area (Å²) in [6, 6.07) is 20.0. The van der Waals surface area contributed by atoms with Crippen molar-refractivity contribution < 1.29 is 9.90 Å². The third-order valence-electron chi connectivity index (χ3n) is 3.56. The zero-order chi connectivity index (χ0) is 14.4. The fourth-order valence-corrected chi connectivity index (χ4v) is 2.42. The van der Waals surface area contributed by atoms with E-state index >= 15 is 0 Å². The molecule has 2 aromatic carbocycles. The minimum Gasteiger partial charge on any atom is -0.481 e. The second kappa shape index (κ2) is 6.87. The fourth-order valence-electron chi connectivity index (χ4n) is 2.42. The first-order valence-electron chi connectivity index (χ1n) is 6.75. The van der Waals surface area contributed by atoms with Crippen molar-refractivity contribution in [3.8, 4) is 0 Å². The van der Waals surface area contributed by atoms with Crippen molar-refractivity contribution in [2.75, 3.05) is 6.54 Å². The second-order valence-electron chi connectivity index (χ2n) is 4.88. The summed E-state index contributed by atoms with van der Waals surface area (Å²) in [7, 11) is 0. The Labute approximate surface area is 119 Å². The molecule has 20 heavy (non-hydrogen) atoms. The molecular weight excluding hydrogens is 250 g/mol. The molecule has 0 aliphatic carbocycles. The van der Waals surface area contributed by atoms with Gasteiger partial charge in [0, 0.05) is 12.5 Å². The molecule has 104 valence electrons. The zero-order valence-electron chi connectivity index (χ0n) is 11.3. The summed E-state index contributed by atoms with van der Waals surface area (Å²) in [6.07, 6.45) is 0.514. The van der Waals surface area contributed by atoms with Crippen LogP contribution in [0, 0.1) is 5.92 Å². The molecule has 0 amide bonds. The van der Waals surface area contributed by atoms with Crippen LogP contribution < -0.4 is 5.73 Å². The predicted octanol–water partition coefficient (Wildman–Crippen LogP) is 2.87. The SMILES string of the molecule is NCC(CC(c1ccccc1)c1ccccc1)C(=O)O. The minimum atomic E-state index is -0.829. The Kier molecular flexibility index (Phi) is 4.91. The fraction of sp³-hybridized carbons (Fsp3) is 0.235. The molecule has 0 saturated carbocycles. The van der Waals surface area contributed by atoms with Gasteiger partial charge >= 0.3 is 5.97 Å². The predicted molar refractivity (Wildman–Crippen MR) is 79.5 cm³/mol. The molecule has 0 aromatic heterocycles. The van der Waals surface area contributed by atoms with Crippen molar-refractivity contribution in [3.05, 3.63) is 71.8 Å². The van der Waals surface area contributed by atoms with Crippen LogP contribution in [0.4, 0.5) is 0 Å². The van der Waals surface area contributed by atoms with Crippen LogP contribution in [0.2, 0.25) is 0 Å². The van der Waals surface area contributed by atoms with Gasteiger partial charge in [-0.05, 0) is 17.5 Å². The first-order chi connectivity index (χ1) is 9.72. The lowest BCUT2D eigenvalue weighted by Crippen LogP contribution is -2.25. The van der Waals surface area contributed by atoms with Crippen molar-refractivity contribution in [1.82, 2.24) is 0 Å². The van der Waals surface area contributed by atoms with E-state index in [-0.39, 0.29) is 12.5 Å². The summed E-state index contributed by atoms with van der Waals surface area (Å²) in [5, 5.41) is 9.24. The maximum atomic E-state index is 11.2. The van der Waals surface area contributed by atoms with E-state index in [1.54, 1.807) is 0 Å². The number of carboxylic acids is 1. The number of carbonyl (C=O) groups is 1. The Hall–Kier alpha value is -2.13. The molecule has 3 heteroatoms. The molecule has 0 heterocycles. The lowest BCUT2D eigenvalue weighted by atomic mass is 9.83. The molecule has 1 atom stereocenters.